The number of nitrogens with zero attached hydrogens (tertiary/aromatic N) is 2. The first-order chi connectivity index (χ1) is 13.8. The van der Waals surface area contributed by atoms with E-state index >= 15 is 0 Å². The van der Waals surface area contributed by atoms with Gasteiger partial charge < -0.3 is 19.3 Å². The highest BCUT2D eigenvalue weighted by atomic mass is 32.1. The number of carbonyl (C=O) groups is 2. The number of benzene rings is 2. The molecule has 0 heterocycles. The normalized spacial score (nSPS) is 11.3. The first kappa shape index (κ1) is 22.5. The smallest absolute Gasteiger partial charge is 0.308 e. The molecule has 0 aliphatic rings. The van der Waals surface area contributed by atoms with Crippen LogP contribution < -0.4 is 9.64 Å². The van der Waals surface area contributed by atoms with Crippen molar-refractivity contribution in [3.63, 3.8) is 0 Å². The van der Waals surface area contributed by atoms with Crippen LogP contribution in [0.3, 0.4) is 0 Å². The fraction of sp³-hybridized carbons (Fsp3) is 0.273. The molecule has 0 radical (unpaired) electrons. The molecule has 7 heteroatoms. The third-order valence-corrected chi connectivity index (χ3v) is 4.44. The van der Waals surface area contributed by atoms with Gasteiger partial charge in [0.15, 0.2) is 5.76 Å². The molecule has 29 heavy (non-hydrogen) atoms. The average Bonchev–Trinajstić information content (AvgIpc) is 2.68. The quantitative estimate of drug-likeness (QED) is 0.310. The second-order valence-corrected chi connectivity index (χ2v) is 7.11. The predicted molar refractivity (Wildman–Crippen MR) is 117 cm³/mol. The number of hydrogen-bond acceptors (Lipinski definition) is 6. The van der Waals surface area contributed by atoms with Crippen LogP contribution in [0.1, 0.15) is 12.5 Å². The molecule has 6 nitrogen and oxygen atoms in total. The standard InChI is InChI=1S/C22H26N2O4S/c1-16(25)28-20(15-17-9-11-18(27-4)12-10-17)22(26)24(14-13-23(2)3)19-7-5-6-8-21(19)29/h5-12,15,29H,13-14H2,1-4H3/b20-15-. The minimum Gasteiger partial charge on any atom is -0.497 e. The van der Waals surface area contributed by atoms with E-state index in [2.05, 4.69) is 12.6 Å². The molecule has 0 bridgehead atoms. The van der Waals surface area contributed by atoms with E-state index in [-0.39, 0.29) is 5.76 Å². The van der Waals surface area contributed by atoms with Crippen molar-refractivity contribution in [3.8, 4) is 5.75 Å². The number of thiol groups is 1. The lowest BCUT2D eigenvalue weighted by Crippen LogP contribution is -2.38. The summed E-state index contributed by atoms with van der Waals surface area (Å²) in [6, 6.07) is 14.4. The third kappa shape index (κ3) is 6.66. The number of ether oxygens (including phenoxy) is 2. The Kier molecular flexibility index (Phi) is 8.30. The molecule has 2 aromatic carbocycles. The fourth-order valence-corrected chi connectivity index (χ4v) is 2.88. The largest absolute Gasteiger partial charge is 0.497 e. The molecular weight excluding hydrogens is 388 g/mol. The number of rotatable bonds is 8. The molecule has 0 aliphatic carbocycles. The Morgan fingerprint density at radius 3 is 2.24 bits per heavy atom. The van der Waals surface area contributed by atoms with Crippen LogP contribution in [0, 0.1) is 0 Å². The Balaban J connectivity index is 2.44. The summed E-state index contributed by atoms with van der Waals surface area (Å²) in [7, 11) is 5.43. The highest BCUT2D eigenvalue weighted by molar-refractivity contribution is 7.80. The lowest BCUT2D eigenvalue weighted by molar-refractivity contribution is -0.140. The van der Waals surface area contributed by atoms with Crippen LogP contribution in [0.4, 0.5) is 5.69 Å². The van der Waals surface area contributed by atoms with Crippen molar-refractivity contribution >= 4 is 36.3 Å². The van der Waals surface area contributed by atoms with E-state index in [0.29, 0.717) is 35.0 Å². The Morgan fingerprint density at radius 2 is 1.69 bits per heavy atom. The maximum atomic E-state index is 13.4. The number of carbonyl (C=O) groups excluding carboxylic acids is 2. The monoisotopic (exact) mass is 414 g/mol. The van der Waals surface area contributed by atoms with Gasteiger partial charge in [-0.2, -0.15) is 0 Å². The van der Waals surface area contributed by atoms with Crippen LogP contribution >= 0.6 is 12.6 Å². The zero-order chi connectivity index (χ0) is 21.4. The number of methoxy groups -OCH3 is 1. The molecule has 0 fully saturated rings. The van der Waals surface area contributed by atoms with Crippen molar-refractivity contribution in [2.75, 3.05) is 39.2 Å². The molecule has 2 rings (SSSR count). The van der Waals surface area contributed by atoms with Crippen LogP contribution in [0.2, 0.25) is 0 Å². The first-order valence-electron chi connectivity index (χ1n) is 9.10. The molecule has 0 N–H and O–H groups in total. The Labute approximate surface area is 177 Å². The zero-order valence-corrected chi connectivity index (χ0v) is 18.0. The van der Waals surface area contributed by atoms with E-state index in [9.17, 15) is 9.59 Å². The molecule has 0 saturated heterocycles. The highest BCUT2D eigenvalue weighted by Crippen LogP contribution is 2.26. The van der Waals surface area contributed by atoms with Gasteiger partial charge in [-0.25, -0.2) is 0 Å². The second kappa shape index (κ2) is 10.7. The molecule has 0 atom stereocenters. The fourth-order valence-electron chi connectivity index (χ4n) is 2.60. The van der Waals surface area contributed by atoms with E-state index in [1.807, 2.05) is 43.3 Å². The molecular formula is C22H26N2O4S. The number of esters is 1. The average molecular weight is 415 g/mol. The van der Waals surface area contributed by atoms with Crippen molar-refractivity contribution in [2.45, 2.75) is 11.8 Å². The van der Waals surface area contributed by atoms with Crippen LogP contribution in [-0.2, 0) is 14.3 Å². The summed E-state index contributed by atoms with van der Waals surface area (Å²) in [6.07, 6.45) is 1.55. The van der Waals surface area contributed by atoms with Crippen LogP contribution in [0.15, 0.2) is 59.2 Å². The van der Waals surface area contributed by atoms with Gasteiger partial charge in [0.05, 0.1) is 12.8 Å². The van der Waals surface area contributed by atoms with Crippen molar-refractivity contribution in [2.24, 2.45) is 0 Å². The van der Waals surface area contributed by atoms with E-state index < -0.39 is 11.9 Å². The lowest BCUT2D eigenvalue weighted by Gasteiger charge is -2.26. The summed E-state index contributed by atoms with van der Waals surface area (Å²) in [5, 5.41) is 0. The molecule has 0 unspecified atom stereocenters. The number of likely N-dealkylation sites (N-methyl/N-ethyl adjacent to an activating group) is 1. The summed E-state index contributed by atoms with van der Waals surface area (Å²) in [4.78, 5) is 29.2. The third-order valence-electron chi connectivity index (χ3n) is 4.07. The minimum absolute atomic E-state index is 0.0574. The van der Waals surface area contributed by atoms with Gasteiger partial charge in [0.1, 0.15) is 5.75 Å². The van der Waals surface area contributed by atoms with Gasteiger partial charge in [0, 0.05) is 24.9 Å². The van der Waals surface area contributed by atoms with Gasteiger partial charge in [-0.05, 0) is 50.0 Å². The SMILES string of the molecule is COc1ccc(/C=C(\OC(C)=O)C(=O)N(CCN(C)C)c2ccccc2S)cc1. The summed E-state index contributed by atoms with van der Waals surface area (Å²) in [6.45, 7) is 2.31. The Bertz CT molecular complexity index is 879. The number of para-hydroxylation sites is 1. The van der Waals surface area contributed by atoms with Crippen molar-refractivity contribution in [1.29, 1.82) is 0 Å². The Morgan fingerprint density at radius 1 is 1.03 bits per heavy atom. The van der Waals surface area contributed by atoms with E-state index in [4.69, 9.17) is 9.47 Å². The van der Waals surface area contributed by atoms with Crippen LogP contribution in [0.25, 0.3) is 6.08 Å². The maximum Gasteiger partial charge on any atom is 0.308 e. The van der Waals surface area contributed by atoms with Crippen LogP contribution in [0.5, 0.6) is 5.75 Å². The zero-order valence-electron chi connectivity index (χ0n) is 17.1. The van der Waals surface area contributed by atoms with E-state index in [1.165, 1.54) is 6.92 Å². The van der Waals surface area contributed by atoms with Gasteiger partial charge in [-0.15, -0.1) is 12.6 Å². The maximum absolute atomic E-state index is 13.4. The first-order valence-corrected chi connectivity index (χ1v) is 9.55. The lowest BCUT2D eigenvalue weighted by atomic mass is 10.1. The van der Waals surface area contributed by atoms with Crippen molar-refractivity contribution in [3.05, 3.63) is 59.9 Å². The molecule has 1 amide bonds. The minimum atomic E-state index is -0.565. The van der Waals surface area contributed by atoms with Gasteiger partial charge in [-0.3, -0.25) is 9.59 Å². The van der Waals surface area contributed by atoms with Crippen molar-refractivity contribution < 1.29 is 19.1 Å². The summed E-state index contributed by atoms with van der Waals surface area (Å²) in [5.41, 5.74) is 1.36. The van der Waals surface area contributed by atoms with Crippen molar-refractivity contribution in [1.82, 2.24) is 4.90 Å². The van der Waals surface area contributed by atoms with Gasteiger partial charge in [-0.1, -0.05) is 24.3 Å². The van der Waals surface area contributed by atoms with E-state index in [1.54, 1.807) is 42.4 Å². The summed E-state index contributed by atoms with van der Waals surface area (Å²) >= 11 is 4.49. The summed E-state index contributed by atoms with van der Waals surface area (Å²) in [5.74, 6) is -0.346. The molecule has 0 aromatic heterocycles. The van der Waals surface area contributed by atoms with Gasteiger partial charge >= 0.3 is 5.97 Å². The van der Waals surface area contributed by atoms with Crippen LogP contribution in [-0.4, -0.2) is 51.1 Å². The van der Waals surface area contributed by atoms with Gasteiger partial charge in [0.25, 0.3) is 5.91 Å². The molecule has 0 spiro atoms. The molecule has 2 aromatic rings. The van der Waals surface area contributed by atoms with E-state index in [0.717, 1.165) is 0 Å². The molecule has 0 saturated carbocycles. The number of anilines is 1. The number of hydrogen-bond donors (Lipinski definition) is 1. The Hall–Kier alpha value is -2.77. The number of amides is 1. The molecule has 0 aliphatic heterocycles. The summed E-state index contributed by atoms with van der Waals surface area (Å²) < 4.78 is 10.4. The second-order valence-electron chi connectivity index (χ2n) is 6.62. The molecule has 154 valence electrons. The topological polar surface area (TPSA) is 59.1 Å². The highest BCUT2D eigenvalue weighted by Gasteiger charge is 2.24. The predicted octanol–water partition coefficient (Wildman–Crippen LogP) is 3.48. The van der Waals surface area contributed by atoms with Gasteiger partial charge in [0.2, 0.25) is 0 Å².